The highest BCUT2D eigenvalue weighted by atomic mass is 79.9. The Morgan fingerprint density at radius 2 is 2.33 bits per heavy atom. The molecule has 0 aliphatic carbocycles. The van der Waals surface area contributed by atoms with Gasteiger partial charge in [0.2, 0.25) is 0 Å². The van der Waals surface area contributed by atoms with Crippen LogP contribution in [-0.2, 0) is 13.1 Å². The van der Waals surface area contributed by atoms with Crippen LogP contribution in [0.3, 0.4) is 0 Å². The van der Waals surface area contributed by atoms with Crippen molar-refractivity contribution in [2.75, 3.05) is 0 Å². The molecule has 0 saturated carbocycles. The topological polar surface area (TPSA) is 38.1 Å². The summed E-state index contributed by atoms with van der Waals surface area (Å²) in [6.45, 7) is 3.50. The third kappa shape index (κ3) is 3.15. The lowest BCUT2D eigenvalue weighted by molar-refractivity contribution is 0.388. The van der Waals surface area contributed by atoms with Crippen LogP contribution in [0.5, 0.6) is 0 Å². The summed E-state index contributed by atoms with van der Waals surface area (Å²) in [6, 6.07) is 6.11. The molecule has 0 amide bonds. The molecule has 3 nitrogen and oxygen atoms in total. The first-order chi connectivity index (χ1) is 7.24. The third-order valence-electron chi connectivity index (χ3n) is 1.91. The lowest BCUT2D eigenvalue weighted by Gasteiger charge is -1.98. The number of rotatable bonds is 4. The zero-order valence-corrected chi connectivity index (χ0v) is 10.7. The number of hydrogen-bond acceptors (Lipinski definition) is 4. The predicted octanol–water partition coefficient (Wildman–Crippen LogP) is 3.10. The highest BCUT2D eigenvalue weighted by molar-refractivity contribution is 9.11. The summed E-state index contributed by atoms with van der Waals surface area (Å²) in [5.74, 6) is 0.852. The molecule has 0 aliphatic heterocycles. The first-order valence-corrected chi connectivity index (χ1v) is 6.22. The van der Waals surface area contributed by atoms with Crippen molar-refractivity contribution in [2.45, 2.75) is 20.0 Å². The van der Waals surface area contributed by atoms with Crippen LogP contribution in [0.2, 0.25) is 0 Å². The first kappa shape index (κ1) is 10.9. The van der Waals surface area contributed by atoms with E-state index >= 15 is 0 Å². The molecule has 0 radical (unpaired) electrons. The summed E-state index contributed by atoms with van der Waals surface area (Å²) >= 11 is 5.17. The molecule has 0 fully saturated rings. The summed E-state index contributed by atoms with van der Waals surface area (Å²) in [4.78, 5) is 1.31. The Hall–Kier alpha value is -0.650. The van der Waals surface area contributed by atoms with E-state index in [1.54, 1.807) is 11.3 Å². The number of nitrogens with one attached hydrogen (secondary N) is 1. The monoisotopic (exact) mass is 286 g/mol. The first-order valence-electron chi connectivity index (χ1n) is 4.61. The second kappa shape index (κ2) is 4.92. The van der Waals surface area contributed by atoms with Gasteiger partial charge in [0.05, 0.1) is 9.48 Å². The molecule has 2 aromatic heterocycles. The summed E-state index contributed by atoms with van der Waals surface area (Å²) < 4.78 is 6.14. The third-order valence-corrected chi connectivity index (χ3v) is 3.53. The van der Waals surface area contributed by atoms with E-state index in [0.717, 1.165) is 28.3 Å². The van der Waals surface area contributed by atoms with E-state index in [-0.39, 0.29) is 0 Å². The molecule has 1 N–H and O–H groups in total. The maximum atomic E-state index is 4.98. The van der Waals surface area contributed by atoms with Crippen LogP contribution in [0.25, 0.3) is 0 Å². The normalized spacial score (nSPS) is 10.8. The fourth-order valence-corrected chi connectivity index (χ4v) is 2.71. The highest BCUT2D eigenvalue weighted by Crippen LogP contribution is 2.21. The smallest absolute Gasteiger partial charge is 0.133 e. The fraction of sp³-hybridized carbons (Fsp3) is 0.300. The van der Waals surface area contributed by atoms with Gasteiger partial charge in [0.15, 0.2) is 0 Å². The SMILES string of the molecule is Cc1cc(CNCc2ccc(Br)s2)no1. The van der Waals surface area contributed by atoms with Crippen molar-refractivity contribution in [3.05, 3.63) is 38.3 Å². The Balaban J connectivity index is 1.80. The van der Waals surface area contributed by atoms with Crippen LogP contribution in [0, 0.1) is 6.92 Å². The average Bonchev–Trinajstić information content (AvgIpc) is 2.76. The molecule has 0 aliphatic rings. The van der Waals surface area contributed by atoms with Gasteiger partial charge in [-0.3, -0.25) is 0 Å². The van der Waals surface area contributed by atoms with Gasteiger partial charge in [-0.15, -0.1) is 11.3 Å². The molecule has 0 aromatic carbocycles. The van der Waals surface area contributed by atoms with Crippen LogP contribution < -0.4 is 5.32 Å². The lowest BCUT2D eigenvalue weighted by Crippen LogP contribution is -2.11. The molecule has 0 unspecified atom stereocenters. The Bertz CT molecular complexity index is 398. The van der Waals surface area contributed by atoms with Gasteiger partial charge in [-0.2, -0.15) is 0 Å². The molecule has 2 heterocycles. The van der Waals surface area contributed by atoms with E-state index in [1.165, 1.54) is 4.88 Å². The van der Waals surface area contributed by atoms with E-state index in [9.17, 15) is 0 Å². The molecular formula is C10H11BrN2OS. The van der Waals surface area contributed by atoms with Crippen LogP contribution in [-0.4, -0.2) is 5.16 Å². The lowest BCUT2D eigenvalue weighted by atomic mass is 10.3. The van der Waals surface area contributed by atoms with Gasteiger partial charge in [0, 0.05) is 24.0 Å². The zero-order valence-electron chi connectivity index (χ0n) is 8.29. The van der Waals surface area contributed by atoms with Crippen LogP contribution in [0.4, 0.5) is 0 Å². The summed E-state index contributed by atoms with van der Waals surface area (Å²) in [7, 11) is 0. The quantitative estimate of drug-likeness (QED) is 0.939. The van der Waals surface area contributed by atoms with E-state index in [1.807, 2.05) is 13.0 Å². The molecule has 5 heteroatoms. The Kier molecular flexibility index (Phi) is 3.56. The van der Waals surface area contributed by atoms with E-state index in [2.05, 4.69) is 38.5 Å². The van der Waals surface area contributed by atoms with E-state index in [4.69, 9.17) is 4.52 Å². The van der Waals surface area contributed by atoms with Crippen molar-refractivity contribution in [1.82, 2.24) is 10.5 Å². The number of aryl methyl sites for hydroxylation is 1. The van der Waals surface area contributed by atoms with Gasteiger partial charge in [-0.25, -0.2) is 0 Å². The van der Waals surface area contributed by atoms with Crippen LogP contribution in [0.15, 0.2) is 26.5 Å². The van der Waals surface area contributed by atoms with E-state index < -0.39 is 0 Å². The molecule has 15 heavy (non-hydrogen) atoms. The largest absolute Gasteiger partial charge is 0.361 e. The number of nitrogens with zero attached hydrogens (tertiary/aromatic N) is 1. The van der Waals surface area contributed by atoms with Gasteiger partial charge in [-0.1, -0.05) is 5.16 Å². The molecule has 0 bridgehead atoms. The molecule has 0 atom stereocenters. The van der Waals surface area contributed by atoms with Crippen molar-refractivity contribution in [3.63, 3.8) is 0 Å². The minimum Gasteiger partial charge on any atom is -0.361 e. The minimum atomic E-state index is 0.743. The zero-order chi connectivity index (χ0) is 10.7. The number of aromatic nitrogens is 1. The van der Waals surface area contributed by atoms with Gasteiger partial charge in [0.1, 0.15) is 5.76 Å². The summed E-state index contributed by atoms with van der Waals surface area (Å²) in [6.07, 6.45) is 0. The minimum absolute atomic E-state index is 0.743. The van der Waals surface area contributed by atoms with Crippen LogP contribution in [0.1, 0.15) is 16.3 Å². The van der Waals surface area contributed by atoms with Gasteiger partial charge in [-0.05, 0) is 35.0 Å². The average molecular weight is 287 g/mol. The van der Waals surface area contributed by atoms with Gasteiger partial charge in [0.25, 0.3) is 0 Å². The van der Waals surface area contributed by atoms with Crippen molar-refractivity contribution < 1.29 is 4.52 Å². The second-order valence-electron chi connectivity index (χ2n) is 3.24. The molecule has 2 aromatic rings. The molecule has 0 saturated heterocycles. The van der Waals surface area contributed by atoms with Crippen molar-refractivity contribution >= 4 is 27.3 Å². The van der Waals surface area contributed by atoms with Crippen molar-refractivity contribution in [3.8, 4) is 0 Å². The number of thiophene rings is 1. The molecule has 2 rings (SSSR count). The predicted molar refractivity (Wildman–Crippen MR) is 63.8 cm³/mol. The molecule has 0 spiro atoms. The Labute approximate surface area is 101 Å². The van der Waals surface area contributed by atoms with Crippen molar-refractivity contribution in [1.29, 1.82) is 0 Å². The number of halogens is 1. The summed E-state index contributed by atoms with van der Waals surface area (Å²) in [5.41, 5.74) is 0.947. The van der Waals surface area contributed by atoms with Crippen molar-refractivity contribution in [2.24, 2.45) is 0 Å². The standard InChI is InChI=1S/C10H11BrN2OS/c1-7-4-8(13-14-7)5-12-6-9-2-3-10(11)15-9/h2-4,12H,5-6H2,1H3. The maximum absolute atomic E-state index is 4.98. The van der Waals surface area contributed by atoms with E-state index in [0.29, 0.717) is 0 Å². The van der Waals surface area contributed by atoms with Gasteiger partial charge >= 0.3 is 0 Å². The second-order valence-corrected chi connectivity index (χ2v) is 5.79. The maximum Gasteiger partial charge on any atom is 0.133 e. The molecular weight excluding hydrogens is 276 g/mol. The van der Waals surface area contributed by atoms with Crippen LogP contribution >= 0.6 is 27.3 Å². The Morgan fingerprint density at radius 1 is 1.47 bits per heavy atom. The van der Waals surface area contributed by atoms with Gasteiger partial charge < -0.3 is 9.84 Å². The molecule has 80 valence electrons. The fourth-order valence-electron chi connectivity index (χ4n) is 1.26. The highest BCUT2D eigenvalue weighted by Gasteiger charge is 2.00. The summed E-state index contributed by atoms with van der Waals surface area (Å²) in [5, 5.41) is 7.22. The Morgan fingerprint density at radius 3 is 2.93 bits per heavy atom. The number of hydrogen-bond donors (Lipinski definition) is 1.